The lowest BCUT2D eigenvalue weighted by Crippen LogP contribution is -2.54. The van der Waals surface area contributed by atoms with Gasteiger partial charge in [0.2, 0.25) is 11.8 Å². The summed E-state index contributed by atoms with van der Waals surface area (Å²) < 4.78 is 34.1. The highest BCUT2D eigenvalue weighted by Gasteiger charge is 2.33. The summed E-state index contributed by atoms with van der Waals surface area (Å²) in [6, 6.07) is 23.5. The summed E-state index contributed by atoms with van der Waals surface area (Å²) in [5.41, 5.74) is 1.30. The summed E-state index contributed by atoms with van der Waals surface area (Å²) in [7, 11) is -2.63. The molecule has 9 heteroatoms. The predicted molar refractivity (Wildman–Crippen MR) is 158 cm³/mol. The number of ether oxygens (including phenoxy) is 1. The molecule has 0 saturated heterocycles. The lowest BCUT2D eigenvalue weighted by molar-refractivity contribution is -0.139. The highest BCUT2D eigenvalue weighted by Crippen LogP contribution is 2.27. The molecule has 0 aliphatic carbocycles. The first-order chi connectivity index (χ1) is 19.2. The Bertz CT molecular complexity index is 1350. The van der Waals surface area contributed by atoms with Crippen LogP contribution in [0.4, 0.5) is 5.69 Å². The Hall–Kier alpha value is -3.85. The van der Waals surface area contributed by atoms with Gasteiger partial charge in [-0.3, -0.25) is 13.9 Å². The molecule has 3 rings (SSSR count). The van der Waals surface area contributed by atoms with Crippen molar-refractivity contribution >= 4 is 27.5 Å². The van der Waals surface area contributed by atoms with Gasteiger partial charge in [-0.15, -0.1) is 0 Å². The minimum atomic E-state index is -4.12. The summed E-state index contributed by atoms with van der Waals surface area (Å²) in [6.07, 6.45) is 1.65. The van der Waals surface area contributed by atoms with E-state index in [9.17, 15) is 18.0 Å². The van der Waals surface area contributed by atoms with Gasteiger partial charge in [0.15, 0.2) is 0 Å². The maximum Gasteiger partial charge on any atom is 0.264 e. The van der Waals surface area contributed by atoms with Crippen LogP contribution >= 0.6 is 0 Å². The SMILES string of the molecule is CC[C@H](C)NC(=O)[C@H](CC)N(CCc1ccccc1)C(=O)CN(c1cccc(OC)c1)S(=O)(=O)c1ccccc1. The molecule has 0 unspecified atom stereocenters. The predicted octanol–water partition coefficient (Wildman–Crippen LogP) is 4.66. The van der Waals surface area contributed by atoms with Gasteiger partial charge in [0.25, 0.3) is 10.0 Å². The Morgan fingerprint density at radius 3 is 2.15 bits per heavy atom. The lowest BCUT2D eigenvalue weighted by atomic mass is 10.1. The number of nitrogens with one attached hydrogen (secondary N) is 1. The summed E-state index contributed by atoms with van der Waals surface area (Å²) in [5, 5.41) is 2.99. The molecule has 1 N–H and O–H groups in total. The van der Waals surface area contributed by atoms with Crippen molar-refractivity contribution < 1.29 is 22.7 Å². The molecule has 3 aromatic carbocycles. The Morgan fingerprint density at radius 2 is 1.55 bits per heavy atom. The van der Waals surface area contributed by atoms with Crippen molar-refractivity contribution in [3.63, 3.8) is 0 Å². The van der Waals surface area contributed by atoms with Crippen LogP contribution in [-0.2, 0) is 26.0 Å². The molecule has 0 heterocycles. The first-order valence-electron chi connectivity index (χ1n) is 13.6. The van der Waals surface area contributed by atoms with Gasteiger partial charge in [0.1, 0.15) is 18.3 Å². The van der Waals surface area contributed by atoms with E-state index < -0.39 is 28.5 Å². The van der Waals surface area contributed by atoms with Gasteiger partial charge in [0.05, 0.1) is 17.7 Å². The Morgan fingerprint density at radius 1 is 0.900 bits per heavy atom. The zero-order chi connectivity index (χ0) is 29.1. The molecule has 8 nitrogen and oxygen atoms in total. The molecule has 0 spiro atoms. The molecule has 0 radical (unpaired) electrons. The van der Waals surface area contributed by atoms with Gasteiger partial charge < -0.3 is 15.0 Å². The topological polar surface area (TPSA) is 96.0 Å². The molecule has 0 aliphatic heterocycles. The number of nitrogens with zero attached hydrogens (tertiary/aromatic N) is 2. The van der Waals surface area contributed by atoms with Crippen molar-refractivity contribution in [3.05, 3.63) is 90.5 Å². The number of benzene rings is 3. The second kappa shape index (κ2) is 14.5. The number of sulfonamides is 1. The quantitative estimate of drug-likeness (QED) is 0.307. The van der Waals surface area contributed by atoms with Crippen molar-refractivity contribution in [2.75, 3.05) is 24.5 Å². The minimum Gasteiger partial charge on any atom is -0.497 e. The molecule has 2 amide bonds. The third kappa shape index (κ3) is 7.85. The Balaban J connectivity index is 2.01. The van der Waals surface area contributed by atoms with Gasteiger partial charge in [-0.25, -0.2) is 8.42 Å². The summed E-state index contributed by atoms with van der Waals surface area (Å²) >= 11 is 0. The third-order valence-corrected chi connectivity index (χ3v) is 8.61. The lowest BCUT2D eigenvalue weighted by Gasteiger charge is -2.33. The van der Waals surface area contributed by atoms with Crippen molar-refractivity contribution in [2.24, 2.45) is 0 Å². The molecule has 0 saturated carbocycles. The molecule has 3 aromatic rings. The van der Waals surface area contributed by atoms with E-state index in [2.05, 4.69) is 5.32 Å². The number of amides is 2. The molecule has 40 heavy (non-hydrogen) atoms. The standard InChI is InChI=1S/C31H39N3O5S/c1-5-24(3)32-31(36)29(6-2)33(21-20-25-14-9-7-10-15-25)30(35)23-34(26-16-13-17-27(22-26)39-4)40(37,38)28-18-11-8-12-19-28/h7-19,22,24,29H,5-6,20-21,23H2,1-4H3,(H,32,36)/t24-,29-/m0/s1. The van der Waals surface area contributed by atoms with Crippen molar-refractivity contribution in [1.82, 2.24) is 10.2 Å². The minimum absolute atomic E-state index is 0.0561. The average molecular weight is 566 g/mol. The van der Waals surface area contributed by atoms with Gasteiger partial charge in [-0.2, -0.15) is 0 Å². The van der Waals surface area contributed by atoms with Crippen LogP contribution in [0.1, 0.15) is 39.2 Å². The van der Waals surface area contributed by atoms with Crippen LogP contribution in [0.15, 0.2) is 89.8 Å². The van der Waals surface area contributed by atoms with Crippen LogP contribution in [0.25, 0.3) is 0 Å². The number of carbonyl (C=O) groups excluding carboxylic acids is 2. The average Bonchev–Trinajstić information content (AvgIpc) is 2.98. The second-order valence-electron chi connectivity index (χ2n) is 9.59. The van der Waals surface area contributed by atoms with Gasteiger partial charge in [0, 0.05) is 18.7 Å². The van der Waals surface area contributed by atoms with Crippen molar-refractivity contribution in [3.8, 4) is 5.75 Å². The molecule has 0 bridgehead atoms. The van der Waals surface area contributed by atoms with Gasteiger partial charge in [-0.1, -0.05) is 68.4 Å². The molecule has 2 atom stereocenters. The number of hydrogen-bond acceptors (Lipinski definition) is 5. The summed E-state index contributed by atoms with van der Waals surface area (Å²) in [5.74, 6) is -0.264. The largest absolute Gasteiger partial charge is 0.497 e. The van der Waals surface area contributed by atoms with Crippen LogP contribution in [0.3, 0.4) is 0 Å². The fourth-order valence-electron chi connectivity index (χ4n) is 4.35. The molecular formula is C31H39N3O5S. The monoisotopic (exact) mass is 565 g/mol. The third-order valence-electron chi connectivity index (χ3n) is 6.82. The zero-order valence-corrected chi connectivity index (χ0v) is 24.4. The first-order valence-corrected chi connectivity index (χ1v) is 15.0. The first kappa shape index (κ1) is 30.7. The van der Waals surface area contributed by atoms with E-state index in [1.165, 1.54) is 24.1 Å². The van der Waals surface area contributed by atoms with Crippen molar-refractivity contribution in [2.45, 2.75) is 57.0 Å². The van der Waals surface area contributed by atoms with E-state index in [1.54, 1.807) is 42.5 Å². The van der Waals surface area contributed by atoms with Crippen LogP contribution in [0.2, 0.25) is 0 Å². The molecular weight excluding hydrogens is 526 g/mol. The molecule has 0 aliphatic rings. The number of carbonyl (C=O) groups is 2. The number of anilines is 1. The van der Waals surface area contributed by atoms with E-state index >= 15 is 0 Å². The smallest absolute Gasteiger partial charge is 0.264 e. The highest BCUT2D eigenvalue weighted by atomic mass is 32.2. The Labute approximate surface area is 238 Å². The highest BCUT2D eigenvalue weighted by molar-refractivity contribution is 7.92. The number of hydrogen-bond donors (Lipinski definition) is 1. The fourth-order valence-corrected chi connectivity index (χ4v) is 5.78. The van der Waals surface area contributed by atoms with E-state index in [4.69, 9.17) is 4.74 Å². The van der Waals surface area contributed by atoms with Gasteiger partial charge in [-0.05, 0) is 56.0 Å². The van der Waals surface area contributed by atoms with Crippen LogP contribution in [0, 0.1) is 0 Å². The second-order valence-corrected chi connectivity index (χ2v) is 11.5. The van der Waals surface area contributed by atoms with Crippen LogP contribution in [0.5, 0.6) is 5.75 Å². The normalized spacial score (nSPS) is 12.7. The zero-order valence-electron chi connectivity index (χ0n) is 23.6. The number of methoxy groups -OCH3 is 1. The molecule has 0 aromatic heterocycles. The molecule has 0 fully saturated rings. The van der Waals surface area contributed by atoms with Crippen LogP contribution < -0.4 is 14.4 Å². The maximum absolute atomic E-state index is 14.0. The summed E-state index contributed by atoms with van der Waals surface area (Å²) in [6.45, 7) is 5.52. The van der Waals surface area contributed by atoms with E-state index in [1.807, 2.05) is 51.1 Å². The Kier molecular flexibility index (Phi) is 11.1. The maximum atomic E-state index is 14.0. The van der Waals surface area contributed by atoms with Gasteiger partial charge >= 0.3 is 0 Å². The number of rotatable bonds is 14. The fraction of sp³-hybridized carbons (Fsp3) is 0.355. The van der Waals surface area contributed by atoms with Crippen LogP contribution in [-0.4, -0.2) is 57.4 Å². The van der Waals surface area contributed by atoms with E-state index in [0.717, 1.165) is 16.3 Å². The van der Waals surface area contributed by atoms with E-state index in [-0.39, 0.29) is 29.1 Å². The van der Waals surface area contributed by atoms with Crippen molar-refractivity contribution in [1.29, 1.82) is 0 Å². The molecule has 214 valence electrons. The van der Waals surface area contributed by atoms with E-state index in [0.29, 0.717) is 18.6 Å². The summed E-state index contributed by atoms with van der Waals surface area (Å²) in [4.78, 5) is 28.9.